The number of anilines is 2. The van der Waals surface area contributed by atoms with E-state index in [1.165, 1.54) is 18.4 Å². The summed E-state index contributed by atoms with van der Waals surface area (Å²) in [5, 5.41) is 14.5. The molecular formula is C14H18N4O. The Kier molecular flexibility index (Phi) is 3.21. The van der Waals surface area contributed by atoms with Crippen molar-refractivity contribution in [3.05, 3.63) is 35.2 Å². The number of hydrogen-bond acceptors (Lipinski definition) is 5. The number of aromatic nitrogens is 2. The molecule has 2 aromatic rings. The summed E-state index contributed by atoms with van der Waals surface area (Å²) >= 11 is 0. The van der Waals surface area contributed by atoms with Gasteiger partial charge in [-0.2, -0.15) is 0 Å². The minimum absolute atomic E-state index is 0.444. The van der Waals surface area contributed by atoms with Gasteiger partial charge in [0.1, 0.15) is 0 Å². The highest BCUT2D eigenvalue weighted by Gasteiger charge is 2.21. The van der Waals surface area contributed by atoms with E-state index in [2.05, 4.69) is 46.8 Å². The molecule has 1 saturated carbocycles. The van der Waals surface area contributed by atoms with Gasteiger partial charge in [0.05, 0.1) is 6.54 Å². The molecule has 0 saturated heterocycles. The number of nitrogens with zero attached hydrogens (tertiary/aromatic N) is 2. The predicted octanol–water partition coefficient (Wildman–Crippen LogP) is 2.68. The average molecular weight is 258 g/mol. The SMILES string of the molecule is Cc1ccc(Nc2nnc(CNC3CC3)o2)c(C)c1. The van der Waals surface area contributed by atoms with Crippen molar-refractivity contribution in [1.29, 1.82) is 0 Å². The molecule has 0 radical (unpaired) electrons. The van der Waals surface area contributed by atoms with Crippen molar-refractivity contribution in [1.82, 2.24) is 15.5 Å². The van der Waals surface area contributed by atoms with Crippen LogP contribution in [0.3, 0.4) is 0 Å². The largest absolute Gasteiger partial charge is 0.406 e. The van der Waals surface area contributed by atoms with Crippen molar-refractivity contribution in [3.63, 3.8) is 0 Å². The molecule has 5 heteroatoms. The molecule has 1 aliphatic carbocycles. The van der Waals surface area contributed by atoms with Gasteiger partial charge in [0.2, 0.25) is 5.89 Å². The van der Waals surface area contributed by atoms with Gasteiger partial charge >= 0.3 is 6.01 Å². The topological polar surface area (TPSA) is 63.0 Å². The standard InChI is InChI=1S/C14H18N4O/c1-9-3-6-12(10(2)7-9)16-14-18-17-13(19-14)8-15-11-4-5-11/h3,6-7,11,15H,4-5,8H2,1-2H3,(H,16,18). The summed E-state index contributed by atoms with van der Waals surface area (Å²) in [7, 11) is 0. The molecule has 1 fully saturated rings. The summed E-state index contributed by atoms with van der Waals surface area (Å²) in [6, 6.07) is 7.29. The lowest BCUT2D eigenvalue weighted by Gasteiger charge is -2.06. The number of rotatable bonds is 5. The molecule has 3 rings (SSSR count). The molecule has 0 aliphatic heterocycles. The lowest BCUT2D eigenvalue weighted by atomic mass is 10.1. The van der Waals surface area contributed by atoms with Gasteiger partial charge < -0.3 is 15.1 Å². The van der Waals surface area contributed by atoms with E-state index >= 15 is 0 Å². The molecule has 19 heavy (non-hydrogen) atoms. The van der Waals surface area contributed by atoms with Gasteiger partial charge in [0.25, 0.3) is 0 Å². The minimum atomic E-state index is 0.444. The zero-order valence-electron chi connectivity index (χ0n) is 11.2. The Balaban J connectivity index is 1.65. The maximum absolute atomic E-state index is 5.56. The van der Waals surface area contributed by atoms with Gasteiger partial charge in [-0.25, -0.2) is 0 Å². The first-order valence-corrected chi connectivity index (χ1v) is 6.61. The van der Waals surface area contributed by atoms with Crippen LogP contribution in [0.25, 0.3) is 0 Å². The summed E-state index contributed by atoms with van der Waals surface area (Å²) in [6.07, 6.45) is 2.50. The molecule has 5 nitrogen and oxygen atoms in total. The highest BCUT2D eigenvalue weighted by molar-refractivity contribution is 5.57. The van der Waals surface area contributed by atoms with Crippen molar-refractivity contribution in [3.8, 4) is 0 Å². The van der Waals surface area contributed by atoms with Crippen LogP contribution < -0.4 is 10.6 Å². The van der Waals surface area contributed by atoms with Gasteiger partial charge in [0, 0.05) is 11.7 Å². The molecule has 1 aromatic carbocycles. The summed E-state index contributed by atoms with van der Waals surface area (Å²) in [5.41, 5.74) is 3.40. The van der Waals surface area contributed by atoms with Crippen molar-refractivity contribution >= 4 is 11.7 Å². The zero-order valence-corrected chi connectivity index (χ0v) is 11.2. The third kappa shape index (κ3) is 3.12. The first kappa shape index (κ1) is 12.2. The molecule has 0 atom stereocenters. The Morgan fingerprint density at radius 1 is 1.26 bits per heavy atom. The Morgan fingerprint density at radius 2 is 2.11 bits per heavy atom. The van der Waals surface area contributed by atoms with E-state index in [0.29, 0.717) is 24.5 Å². The maximum atomic E-state index is 5.56. The van der Waals surface area contributed by atoms with E-state index < -0.39 is 0 Å². The van der Waals surface area contributed by atoms with E-state index in [4.69, 9.17) is 4.42 Å². The molecule has 0 amide bonds. The molecule has 1 heterocycles. The fraction of sp³-hybridized carbons (Fsp3) is 0.429. The normalized spacial score (nSPS) is 14.6. The first-order chi connectivity index (χ1) is 9.20. The van der Waals surface area contributed by atoms with Crippen LogP contribution >= 0.6 is 0 Å². The summed E-state index contributed by atoms with van der Waals surface area (Å²) in [5.74, 6) is 0.624. The van der Waals surface area contributed by atoms with E-state index in [0.717, 1.165) is 11.3 Å². The van der Waals surface area contributed by atoms with E-state index in [9.17, 15) is 0 Å². The third-order valence-electron chi connectivity index (χ3n) is 3.21. The van der Waals surface area contributed by atoms with Gasteiger partial charge in [-0.05, 0) is 38.3 Å². The monoisotopic (exact) mass is 258 g/mol. The predicted molar refractivity (Wildman–Crippen MR) is 73.4 cm³/mol. The highest BCUT2D eigenvalue weighted by Crippen LogP contribution is 2.21. The Hall–Kier alpha value is -1.88. The van der Waals surface area contributed by atoms with Gasteiger partial charge in [0.15, 0.2) is 0 Å². The van der Waals surface area contributed by atoms with Crippen molar-refractivity contribution < 1.29 is 4.42 Å². The van der Waals surface area contributed by atoms with Gasteiger partial charge in [-0.1, -0.05) is 22.8 Å². The van der Waals surface area contributed by atoms with Crippen LogP contribution in [-0.4, -0.2) is 16.2 Å². The average Bonchev–Trinajstić information content (AvgIpc) is 3.10. The third-order valence-corrected chi connectivity index (χ3v) is 3.21. The molecule has 0 unspecified atom stereocenters. The summed E-state index contributed by atoms with van der Waals surface area (Å²) in [6.45, 7) is 4.78. The lowest BCUT2D eigenvalue weighted by Crippen LogP contribution is -2.15. The van der Waals surface area contributed by atoms with Crippen LogP contribution in [0.5, 0.6) is 0 Å². The molecule has 2 N–H and O–H groups in total. The lowest BCUT2D eigenvalue weighted by molar-refractivity contribution is 0.478. The van der Waals surface area contributed by atoms with Crippen molar-refractivity contribution in [2.24, 2.45) is 0 Å². The van der Waals surface area contributed by atoms with Gasteiger partial charge in [-0.15, -0.1) is 5.10 Å². The molecule has 1 aliphatic rings. The van der Waals surface area contributed by atoms with Crippen LogP contribution in [0.1, 0.15) is 29.9 Å². The second-order valence-electron chi connectivity index (χ2n) is 5.10. The Bertz CT molecular complexity index is 575. The van der Waals surface area contributed by atoms with Crippen LogP contribution in [0, 0.1) is 13.8 Å². The first-order valence-electron chi connectivity index (χ1n) is 6.61. The zero-order chi connectivity index (χ0) is 13.2. The van der Waals surface area contributed by atoms with Crippen LogP contribution in [0.4, 0.5) is 11.7 Å². The van der Waals surface area contributed by atoms with E-state index in [1.54, 1.807) is 0 Å². The quantitative estimate of drug-likeness (QED) is 0.863. The Morgan fingerprint density at radius 3 is 2.84 bits per heavy atom. The second kappa shape index (κ2) is 5.01. The smallest absolute Gasteiger partial charge is 0.320 e. The van der Waals surface area contributed by atoms with Crippen LogP contribution in [0.2, 0.25) is 0 Å². The fourth-order valence-electron chi connectivity index (χ4n) is 1.96. The maximum Gasteiger partial charge on any atom is 0.320 e. The number of aryl methyl sites for hydroxylation is 2. The van der Waals surface area contributed by atoms with Crippen LogP contribution in [0.15, 0.2) is 22.6 Å². The number of nitrogens with one attached hydrogen (secondary N) is 2. The van der Waals surface area contributed by atoms with Gasteiger partial charge in [-0.3, -0.25) is 0 Å². The number of benzene rings is 1. The second-order valence-corrected chi connectivity index (χ2v) is 5.10. The van der Waals surface area contributed by atoms with E-state index in [-0.39, 0.29) is 0 Å². The Labute approximate surface area is 112 Å². The number of hydrogen-bond donors (Lipinski definition) is 2. The fourth-order valence-corrected chi connectivity index (χ4v) is 1.96. The minimum Gasteiger partial charge on any atom is -0.406 e. The summed E-state index contributed by atoms with van der Waals surface area (Å²) in [4.78, 5) is 0. The van der Waals surface area contributed by atoms with Crippen LogP contribution in [-0.2, 0) is 6.54 Å². The van der Waals surface area contributed by atoms with E-state index in [1.807, 2.05) is 6.07 Å². The molecular weight excluding hydrogens is 240 g/mol. The molecule has 0 bridgehead atoms. The van der Waals surface area contributed by atoms with Crippen molar-refractivity contribution in [2.75, 3.05) is 5.32 Å². The summed E-state index contributed by atoms with van der Waals surface area (Å²) < 4.78 is 5.56. The molecule has 100 valence electrons. The molecule has 1 aromatic heterocycles. The van der Waals surface area contributed by atoms with Crippen molar-refractivity contribution in [2.45, 2.75) is 39.3 Å². The highest BCUT2D eigenvalue weighted by atomic mass is 16.4. The molecule has 0 spiro atoms.